The third-order valence-electron chi connectivity index (χ3n) is 4.45. The third-order valence-corrected chi connectivity index (χ3v) is 4.77. The second-order valence-corrected chi connectivity index (χ2v) is 6.61. The number of hydrogen-bond acceptors (Lipinski definition) is 3. The summed E-state index contributed by atoms with van der Waals surface area (Å²) in [7, 11) is 0. The Morgan fingerprint density at radius 2 is 2.04 bits per heavy atom. The highest BCUT2D eigenvalue weighted by Gasteiger charge is 2.27. The summed E-state index contributed by atoms with van der Waals surface area (Å²) in [6.07, 6.45) is 3.02. The fraction of sp³-hybridized carbons (Fsp3) is 0.389. The summed E-state index contributed by atoms with van der Waals surface area (Å²) in [5, 5.41) is 4.86. The summed E-state index contributed by atoms with van der Waals surface area (Å²) in [4.78, 5) is 26.9. The van der Waals surface area contributed by atoms with Crippen LogP contribution in [0.25, 0.3) is 5.69 Å². The van der Waals surface area contributed by atoms with Crippen LogP contribution in [0.5, 0.6) is 0 Å². The molecule has 24 heavy (non-hydrogen) atoms. The number of aromatic nitrogens is 2. The van der Waals surface area contributed by atoms with Crippen molar-refractivity contribution in [3.63, 3.8) is 0 Å². The van der Waals surface area contributed by atoms with Crippen molar-refractivity contribution in [3.8, 4) is 5.69 Å². The first-order chi connectivity index (χ1) is 11.5. The molecule has 1 saturated heterocycles. The Hall–Kier alpha value is -2.14. The van der Waals surface area contributed by atoms with E-state index in [1.54, 1.807) is 22.6 Å². The fourth-order valence-corrected chi connectivity index (χ4v) is 3.31. The van der Waals surface area contributed by atoms with E-state index in [0.717, 1.165) is 19.3 Å². The van der Waals surface area contributed by atoms with E-state index < -0.39 is 0 Å². The molecule has 0 saturated carbocycles. The average molecular weight is 346 g/mol. The largest absolute Gasteiger partial charge is 0.334 e. The second-order valence-electron chi connectivity index (χ2n) is 6.21. The minimum absolute atomic E-state index is 0.0470. The zero-order chi connectivity index (χ0) is 17.3. The highest BCUT2D eigenvalue weighted by molar-refractivity contribution is 6.32. The molecule has 2 aromatic rings. The molecule has 0 radical (unpaired) electrons. The van der Waals surface area contributed by atoms with Crippen molar-refractivity contribution < 1.29 is 4.79 Å². The Labute approximate surface area is 145 Å². The third kappa shape index (κ3) is 3.08. The van der Waals surface area contributed by atoms with Crippen LogP contribution in [0.1, 0.15) is 42.4 Å². The number of amides is 1. The van der Waals surface area contributed by atoms with Crippen LogP contribution in [-0.2, 0) is 0 Å². The summed E-state index contributed by atoms with van der Waals surface area (Å²) in [6, 6.07) is 8.80. The van der Waals surface area contributed by atoms with Crippen molar-refractivity contribution in [2.75, 3.05) is 6.54 Å². The van der Waals surface area contributed by atoms with E-state index in [-0.39, 0.29) is 23.1 Å². The van der Waals surface area contributed by atoms with Crippen LogP contribution in [0, 0.1) is 6.92 Å². The molecule has 0 spiro atoms. The Kier molecular flexibility index (Phi) is 4.71. The van der Waals surface area contributed by atoms with Gasteiger partial charge in [0.05, 0.1) is 10.7 Å². The van der Waals surface area contributed by atoms with Crippen LogP contribution in [0.4, 0.5) is 0 Å². The number of benzene rings is 1. The van der Waals surface area contributed by atoms with Gasteiger partial charge in [-0.1, -0.05) is 23.7 Å². The molecule has 1 fully saturated rings. The molecule has 0 bridgehead atoms. The van der Waals surface area contributed by atoms with Gasteiger partial charge in [-0.05, 0) is 45.2 Å². The van der Waals surface area contributed by atoms with E-state index in [2.05, 4.69) is 5.10 Å². The summed E-state index contributed by atoms with van der Waals surface area (Å²) < 4.78 is 1.56. The van der Waals surface area contributed by atoms with Gasteiger partial charge in [0.1, 0.15) is 0 Å². The predicted octanol–water partition coefficient (Wildman–Crippen LogP) is 3.21. The van der Waals surface area contributed by atoms with Gasteiger partial charge in [0.25, 0.3) is 5.91 Å². The van der Waals surface area contributed by atoms with E-state index in [0.29, 0.717) is 22.9 Å². The number of para-hydroxylation sites is 1. The van der Waals surface area contributed by atoms with Crippen molar-refractivity contribution in [1.82, 2.24) is 14.7 Å². The minimum atomic E-state index is -0.349. The number of carbonyl (C=O) groups excluding carboxylic acids is 1. The monoisotopic (exact) mass is 345 g/mol. The first kappa shape index (κ1) is 16.7. The summed E-state index contributed by atoms with van der Waals surface area (Å²) in [5.41, 5.74) is 0.890. The number of carbonyl (C=O) groups is 1. The van der Waals surface area contributed by atoms with Crippen molar-refractivity contribution in [3.05, 3.63) is 57.0 Å². The number of hydrogen-bond donors (Lipinski definition) is 0. The normalized spacial score (nSPS) is 17.8. The molecule has 1 aromatic carbocycles. The molecule has 0 aliphatic carbocycles. The maximum absolute atomic E-state index is 12.8. The molecule has 3 rings (SSSR count). The van der Waals surface area contributed by atoms with E-state index in [1.807, 2.05) is 25.1 Å². The Balaban J connectivity index is 2.06. The van der Waals surface area contributed by atoms with Gasteiger partial charge in [0.2, 0.25) is 5.43 Å². The lowest BCUT2D eigenvalue weighted by atomic mass is 10.0. The van der Waals surface area contributed by atoms with Crippen molar-refractivity contribution in [2.45, 2.75) is 39.2 Å². The van der Waals surface area contributed by atoms with Crippen LogP contribution in [0.3, 0.4) is 0 Å². The van der Waals surface area contributed by atoms with E-state index in [9.17, 15) is 9.59 Å². The predicted molar refractivity (Wildman–Crippen MR) is 93.9 cm³/mol. The number of rotatable bonds is 2. The lowest BCUT2D eigenvalue weighted by Crippen LogP contribution is -2.44. The molecule has 1 amide bonds. The lowest BCUT2D eigenvalue weighted by molar-refractivity contribution is 0.0626. The van der Waals surface area contributed by atoms with Gasteiger partial charge >= 0.3 is 0 Å². The lowest BCUT2D eigenvalue weighted by Gasteiger charge is -2.33. The maximum atomic E-state index is 12.8. The number of piperidine rings is 1. The maximum Gasteiger partial charge on any atom is 0.278 e. The smallest absolute Gasteiger partial charge is 0.278 e. The highest BCUT2D eigenvalue weighted by Crippen LogP contribution is 2.21. The van der Waals surface area contributed by atoms with Crippen LogP contribution in [-0.4, -0.2) is 33.2 Å². The van der Waals surface area contributed by atoms with Crippen LogP contribution < -0.4 is 5.43 Å². The zero-order valence-electron chi connectivity index (χ0n) is 13.8. The number of halogens is 1. The SMILES string of the molecule is Cc1cc(=O)c(C(=O)N2CCCCC2C)nn1-c1ccccc1Cl. The van der Waals surface area contributed by atoms with Gasteiger partial charge in [0, 0.05) is 24.3 Å². The van der Waals surface area contributed by atoms with Crippen molar-refractivity contribution in [2.24, 2.45) is 0 Å². The van der Waals surface area contributed by atoms with Crippen LogP contribution in [0.2, 0.25) is 5.02 Å². The van der Waals surface area contributed by atoms with Gasteiger partial charge in [-0.3, -0.25) is 9.59 Å². The molecule has 2 heterocycles. The first-order valence-corrected chi connectivity index (χ1v) is 8.53. The number of likely N-dealkylation sites (tertiary alicyclic amines) is 1. The van der Waals surface area contributed by atoms with Gasteiger partial charge in [-0.2, -0.15) is 5.10 Å². The second kappa shape index (κ2) is 6.77. The Bertz CT molecular complexity index is 831. The quantitative estimate of drug-likeness (QED) is 0.839. The molecular formula is C18H20ClN3O2. The molecule has 6 heteroatoms. The molecule has 0 N–H and O–H groups in total. The molecule has 1 aliphatic heterocycles. The van der Waals surface area contributed by atoms with Gasteiger partial charge in [-0.15, -0.1) is 0 Å². The summed E-state index contributed by atoms with van der Waals surface area (Å²) in [5.74, 6) is -0.298. The Morgan fingerprint density at radius 3 is 2.75 bits per heavy atom. The Morgan fingerprint density at radius 1 is 1.29 bits per heavy atom. The zero-order valence-corrected chi connectivity index (χ0v) is 14.6. The van der Waals surface area contributed by atoms with E-state index in [1.165, 1.54) is 6.07 Å². The van der Waals surface area contributed by atoms with Gasteiger partial charge < -0.3 is 4.90 Å². The van der Waals surface area contributed by atoms with Crippen molar-refractivity contribution >= 4 is 17.5 Å². The van der Waals surface area contributed by atoms with Crippen LogP contribution in [0.15, 0.2) is 35.1 Å². The van der Waals surface area contributed by atoms with Gasteiger partial charge in [0.15, 0.2) is 5.69 Å². The minimum Gasteiger partial charge on any atom is -0.334 e. The summed E-state index contributed by atoms with van der Waals surface area (Å²) in [6.45, 7) is 4.45. The number of nitrogens with zero attached hydrogens (tertiary/aromatic N) is 3. The molecule has 1 atom stereocenters. The fourth-order valence-electron chi connectivity index (χ4n) is 3.10. The average Bonchev–Trinajstić information content (AvgIpc) is 2.56. The molecular weight excluding hydrogens is 326 g/mol. The van der Waals surface area contributed by atoms with Gasteiger partial charge in [-0.25, -0.2) is 4.68 Å². The summed E-state index contributed by atoms with van der Waals surface area (Å²) >= 11 is 6.24. The molecule has 5 nitrogen and oxygen atoms in total. The van der Waals surface area contributed by atoms with Crippen LogP contribution >= 0.6 is 11.6 Å². The van der Waals surface area contributed by atoms with E-state index >= 15 is 0 Å². The van der Waals surface area contributed by atoms with E-state index in [4.69, 9.17) is 11.6 Å². The van der Waals surface area contributed by atoms with Crippen molar-refractivity contribution in [1.29, 1.82) is 0 Å². The topological polar surface area (TPSA) is 55.2 Å². The number of aryl methyl sites for hydroxylation is 1. The molecule has 126 valence electrons. The first-order valence-electron chi connectivity index (χ1n) is 8.16. The molecule has 1 aliphatic rings. The molecule has 1 aromatic heterocycles. The standard InChI is InChI=1S/C18H20ClN3O2/c1-12-7-5-6-10-21(12)18(24)17-16(23)11-13(2)22(20-17)15-9-4-3-8-14(15)19/h3-4,8-9,11-12H,5-7,10H2,1-2H3. The highest BCUT2D eigenvalue weighted by atomic mass is 35.5. The molecule has 1 unspecified atom stereocenters.